The molecule has 7 nitrogen and oxygen atoms in total. The van der Waals surface area contributed by atoms with Crippen LogP contribution >= 0.6 is 46.3 Å². The summed E-state index contributed by atoms with van der Waals surface area (Å²) in [5.41, 5.74) is 6.02. The van der Waals surface area contributed by atoms with Crippen LogP contribution in [-0.4, -0.2) is 45.5 Å². The molecule has 1 saturated heterocycles. The highest BCUT2D eigenvalue weighted by atomic mass is 35.5. The van der Waals surface area contributed by atoms with Crippen molar-refractivity contribution in [2.24, 2.45) is 0 Å². The maximum absolute atomic E-state index is 8.12. The molecule has 0 bridgehead atoms. The molecule has 0 spiro atoms. The summed E-state index contributed by atoms with van der Waals surface area (Å²) in [7, 11) is 0. The van der Waals surface area contributed by atoms with Gasteiger partial charge in [0.1, 0.15) is 11.9 Å². The maximum atomic E-state index is 8.12. The van der Waals surface area contributed by atoms with E-state index in [0.717, 1.165) is 48.7 Å². The van der Waals surface area contributed by atoms with Crippen molar-refractivity contribution in [2.45, 2.75) is 43.3 Å². The first kappa shape index (κ1) is 28.4. The number of rotatable bonds is 7. The van der Waals surface area contributed by atoms with Crippen molar-refractivity contribution in [1.82, 2.24) is 14.8 Å². The van der Waals surface area contributed by atoms with E-state index in [0.29, 0.717) is 28.5 Å². The Morgan fingerprint density at radius 2 is 1.84 bits per heavy atom. The Bertz CT molecular complexity index is 1480. The molecule has 3 heterocycles. The Morgan fingerprint density at radius 3 is 2.47 bits per heavy atom. The quantitative estimate of drug-likeness (QED) is 0.209. The Hall–Kier alpha value is -2.65. The number of aromatic nitrogens is 3. The number of aryl methyl sites for hydroxylation is 2. The SMILES string of the molecule is Cc1cc(OC2COC2)cc(-c2cn(-c3nc(-c4ccc(Cl)c(Cl)c4)c(SC(C)C)s3)nc2C)c1.O=C=O. The zero-order valence-electron chi connectivity index (χ0n) is 21.2. The van der Waals surface area contributed by atoms with Crippen molar-refractivity contribution in [2.75, 3.05) is 13.2 Å². The van der Waals surface area contributed by atoms with Crippen LogP contribution in [0.5, 0.6) is 5.75 Å². The van der Waals surface area contributed by atoms with Crippen molar-refractivity contribution in [1.29, 1.82) is 0 Å². The number of halogens is 2. The second-order valence-electron chi connectivity index (χ2n) is 8.90. The molecule has 11 heteroatoms. The summed E-state index contributed by atoms with van der Waals surface area (Å²) in [4.78, 5) is 21.2. The van der Waals surface area contributed by atoms with Gasteiger partial charge in [0.05, 0.1) is 38.9 Å². The van der Waals surface area contributed by atoms with Crippen LogP contribution in [0.15, 0.2) is 46.8 Å². The first-order valence-electron chi connectivity index (χ1n) is 11.7. The third kappa shape index (κ3) is 6.67. The number of hydrogen-bond donors (Lipinski definition) is 0. The fourth-order valence-corrected chi connectivity index (χ4v) is 6.55. The first-order valence-corrected chi connectivity index (χ1v) is 14.2. The van der Waals surface area contributed by atoms with E-state index in [4.69, 9.17) is 52.3 Å². The minimum atomic E-state index is 0.125. The van der Waals surface area contributed by atoms with E-state index in [1.807, 2.05) is 36.0 Å². The molecule has 1 aliphatic rings. The number of hydrogen-bond acceptors (Lipinski definition) is 8. The number of benzene rings is 2. The van der Waals surface area contributed by atoms with Crippen molar-refractivity contribution in [3.05, 3.63) is 63.9 Å². The normalized spacial score (nSPS) is 13.0. The van der Waals surface area contributed by atoms with Gasteiger partial charge in [-0.05, 0) is 49.2 Å². The molecule has 5 rings (SSSR count). The minimum Gasteiger partial charge on any atom is -0.486 e. The van der Waals surface area contributed by atoms with E-state index < -0.39 is 0 Å². The summed E-state index contributed by atoms with van der Waals surface area (Å²) in [6, 6.07) is 11.9. The Labute approximate surface area is 239 Å². The summed E-state index contributed by atoms with van der Waals surface area (Å²) in [5.74, 6) is 0.854. The van der Waals surface area contributed by atoms with Gasteiger partial charge in [0.25, 0.3) is 0 Å². The molecule has 0 amide bonds. The lowest BCUT2D eigenvalue weighted by molar-refractivity contribution is -0.191. The number of thioether (sulfide) groups is 1. The third-order valence-electron chi connectivity index (χ3n) is 5.49. The third-order valence-corrected chi connectivity index (χ3v) is 8.48. The topological polar surface area (TPSA) is 83.3 Å². The molecule has 4 aromatic rings. The highest BCUT2D eigenvalue weighted by Gasteiger charge is 2.22. The van der Waals surface area contributed by atoms with Crippen LogP contribution in [0, 0.1) is 13.8 Å². The molecule has 198 valence electrons. The van der Waals surface area contributed by atoms with Gasteiger partial charge in [-0.25, -0.2) is 9.67 Å². The van der Waals surface area contributed by atoms with E-state index in [-0.39, 0.29) is 12.3 Å². The average Bonchev–Trinajstić information content (AvgIpc) is 3.41. The number of nitrogens with zero attached hydrogens (tertiary/aromatic N) is 3. The highest BCUT2D eigenvalue weighted by Crippen LogP contribution is 2.41. The zero-order valence-corrected chi connectivity index (χ0v) is 24.3. The van der Waals surface area contributed by atoms with E-state index in [1.54, 1.807) is 23.1 Å². The van der Waals surface area contributed by atoms with Gasteiger partial charge in [-0.2, -0.15) is 14.7 Å². The van der Waals surface area contributed by atoms with Crippen LogP contribution in [0.4, 0.5) is 0 Å². The largest absolute Gasteiger partial charge is 0.486 e. The first-order chi connectivity index (χ1) is 18.2. The van der Waals surface area contributed by atoms with Gasteiger partial charge >= 0.3 is 6.15 Å². The monoisotopic (exact) mass is 589 g/mol. The van der Waals surface area contributed by atoms with Crippen LogP contribution in [0.2, 0.25) is 10.0 Å². The van der Waals surface area contributed by atoms with Crippen molar-refractivity contribution in [3.8, 4) is 33.3 Å². The molecule has 1 fully saturated rings. The van der Waals surface area contributed by atoms with Gasteiger partial charge in [0, 0.05) is 22.6 Å². The Morgan fingerprint density at radius 1 is 1.11 bits per heavy atom. The van der Waals surface area contributed by atoms with E-state index in [9.17, 15) is 0 Å². The predicted molar refractivity (Wildman–Crippen MR) is 151 cm³/mol. The molecular weight excluding hydrogens is 565 g/mol. The zero-order chi connectivity index (χ0) is 27.4. The van der Waals surface area contributed by atoms with Crippen LogP contribution < -0.4 is 4.74 Å². The second-order valence-corrected chi connectivity index (χ2v) is 12.5. The molecule has 0 aliphatic carbocycles. The van der Waals surface area contributed by atoms with Crippen molar-refractivity contribution < 1.29 is 19.1 Å². The molecule has 1 aliphatic heterocycles. The summed E-state index contributed by atoms with van der Waals surface area (Å²) < 4.78 is 14.3. The summed E-state index contributed by atoms with van der Waals surface area (Å²) in [6.45, 7) is 9.72. The highest BCUT2D eigenvalue weighted by molar-refractivity contribution is 8.01. The molecule has 0 unspecified atom stereocenters. The number of thiazole rings is 1. The van der Waals surface area contributed by atoms with Gasteiger partial charge in [-0.1, -0.05) is 60.5 Å². The van der Waals surface area contributed by atoms with Crippen molar-refractivity contribution >= 4 is 52.5 Å². The molecule has 2 aromatic carbocycles. The molecule has 0 radical (unpaired) electrons. The standard InChI is InChI=1S/C26H25Cl2N3O2S2.CO2/c1-14(2)34-25-24(17-5-6-22(27)23(28)10-17)29-26(35-25)31-11-21(16(4)30-31)18-7-15(3)8-19(9-18)33-20-12-32-13-20;2-1-3/h5-11,14,20H,12-13H2,1-4H3;. The van der Waals surface area contributed by atoms with Gasteiger partial charge < -0.3 is 9.47 Å². The fourth-order valence-electron chi connectivity index (χ4n) is 3.80. The lowest BCUT2D eigenvalue weighted by Gasteiger charge is -2.27. The second kappa shape index (κ2) is 12.5. The van der Waals surface area contributed by atoms with Gasteiger partial charge in [0.2, 0.25) is 5.13 Å². The van der Waals surface area contributed by atoms with E-state index in [1.165, 1.54) is 0 Å². The Kier molecular flexibility index (Phi) is 9.31. The van der Waals surface area contributed by atoms with Crippen LogP contribution in [0.1, 0.15) is 25.1 Å². The molecule has 0 saturated carbocycles. The maximum Gasteiger partial charge on any atom is 0.373 e. The van der Waals surface area contributed by atoms with Gasteiger partial charge in [-0.15, -0.1) is 11.8 Å². The smallest absolute Gasteiger partial charge is 0.373 e. The lowest BCUT2D eigenvalue weighted by atomic mass is 10.0. The number of carbonyl (C=O) groups excluding carboxylic acids is 2. The predicted octanol–water partition coefficient (Wildman–Crippen LogP) is 7.28. The molecule has 0 N–H and O–H groups in total. The fraction of sp³-hybridized carbons (Fsp3) is 0.296. The van der Waals surface area contributed by atoms with E-state index in [2.05, 4.69) is 39.0 Å². The average molecular weight is 591 g/mol. The van der Waals surface area contributed by atoms with E-state index >= 15 is 0 Å². The van der Waals surface area contributed by atoms with Crippen LogP contribution in [0.3, 0.4) is 0 Å². The number of ether oxygens (including phenoxy) is 2. The molecule has 38 heavy (non-hydrogen) atoms. The molecule has 2 aromatic heterocycles. The lowest BCUT2D eigenvalue weighted by Crippen LogP contribution is -2.38. The summed E-state index contributed by atoms with van der Waals surface area (Å²) in [5, 5.41) is 7.07. The summed E-state index contributed by atoms with van der Waals surface area (Å²) in [6.07, 6.45) is 2.42. The molecule has 0 atom stereocenters. The summed E-state index contributed by atoms with van der Waals surface area (Å²) >= 11 is 15.9. The molecular formula is C27H25Cl2N3O4S2. The van der Waals surface area contributed by atoms with Gasteiger partial charge in [-0.3, -0.25) is 0 Å². The van der Waals surface area contributed by atoms with Crippen LogP contribution in [0.25, 0.3) is 27.5 Å². The van der Waals surface area contributed by atoms with Crippen molar-refractivity contribution in [3.63, 3.8) is 0 Å². The minimum absolute atomic E-state index is 0.125. The van der Waals surface area contributed by atoms with Crippen LogP contribution in [-0.2, 0) is 14.3 Å². The van der Waals surface area contributed by atoms with Gasteiger partial charge in [0.15, 0.2) is 0 Å². The Balaban J connectivity index is 0.00000107.